The summed E-state index contributed by atoms with van der Waals surface area (Å²) in [6.07, 6.45) is 3.20. The summed E-state index contributed by atoms with van der Waals surface area (Å²) < 4.78 is 128. The van der Waals surface area contributed by atoms with Gasteiger partial charge in [-0.15, -0.1) is 0 Å². The Balaban J connectivity index is 0.876. The van der Waals surface area contributed by atoms with Crippen LogP contribution in [-0.4, -0.2) is 117 Å². The quantitative estimate of drug-likeness (QED) is 0.0510. The van der Waals surface area contributed by atoms with E-state index in [0.717, 1.165) is 21.1 Å². The molecule has 2 aromatic carbocycles. The number of hydrogen-bond donors (Lipinski definition) is 6. The Morgan fingerprint density at radius 3 is 1.79 bits per heavy atom. The number of alkyl halides is 5. The molecule has 29 heteroatoms. The number of halogens is 5. The van der Waals surface area contributed by atoms with Gasteiger partial charge in [0, 0.05) is 75.7 Å². The zero-order valence-electron chi connectivity index (χ0n) is 40.4. The van der Waals surface area contributed by atoms with Crippen molar-refractivity contribution >= 4 is 99.9 Å². The smallest absolute Gasteiger partial charge is 0.295 e. The molecule has 2 saturated carbocycles. The van der Waals surface area contributed by atoms with E-state index in [1.807, 2.05) is 0 Å². The molecule has 1 unspecified atom stereocenters. The summed E-state index contributed by atoms with van der Waals surface area (Å²) in [5, 5.41) is 19.8. The molecule has 392 valence electrons. The summed E-state index contributed by atoms with van der Waals surface area (Å²) in [5.74, 6) is -8.82. The van der Waals surface area contributed by atoms with Crippen LogP contribution in [0, 0.1) is 24.7 Å². The molecule has 22 nitrogen and oxygen atoms in total. The van der Waals surface area contributed by atoms with E-state index in [-0.39, 0.29) is 63.4 Å². The molecule has 2 aliphatic carbocycles. The first kappa shape index (κ1) is 50.3. The second kappa shape index (κ2) is 18.3. The third-order valence-corrected chi connectivity index (χ3v) is 15.3. The van der Waals surface area contributed by atoms with Crippen molar-refractivity contribution in [2.45, 2.75) is 38.4 Å². The van der Waals surface area contributed by atoms with Gasteiger partial charge < -0.3 is 31.2 Å². The molecule has 0 spiro atoms. The van der Waals surface area contributed by atoms with E-state index in [1.165, 1.54) is 37.1 Å². The van der Waals surface area contributed by atoms with Gasteiger partial charge in [0.2, 0.25) is 31.9 Å². The van der Waals surface area contributed by atoms with Crippen molar-refractivity contribution in [2.24, 2.45) is 24.8 Å². The van der Waals surface area contributed by atoms with E-state index >= 15 is 4.39 Å². The molecule has 2 amide bonds. The Hall–Kier alpha value is -8.21. The number of hydrogen-bond acceptors (Lipinski definition) is 14. The minimum absolute atomic E-state index is 0.0120. The number of aromatic nitrogens is 10. The monoisotopic (exact) mass is 1080 g/mol. The lowest BCUT2D eigenvalue weighted by Crippen LogP contribution is -2.25. The predicted molar refractivity (Wildman–Crippen MR) is 269 cm³/mol. The maximum Gasteiger partial charge on any atom is 0.295 e. The maximum absolute atomic E-state index is 15.6. The molecule has 75 heavy (non-hydrogen) atoms. The van der Waals surface area contributed by atoms with E-state index in [4.69, 9.17) is 0 Å². The lowest BCUT2D eigenvalue weighted by molar-refractivity contribution is -0.119. The van der Waals surface area contributed by atoms with Crippen molar-refractivity contribution in [1.82, 2.24) is 49.5 Å². The van der Waals surface area contributed by atoms with Crippen LogP contribution in [-0.2, 0) is 43.2 Å². The number of anilines is 8. The zero-order chi connectivity index (χ0) is 53.6. The van der Waals surface area contributed by atoms with Crippen LogP contribution >= 0.6 is 0 Å². The highest BCUT2D eigenvalue weighted by molar-refractivity contribution is 7.92. The number of carbonyl (C=O) groups excluding carboxylic acids is 2. The zero-order valence-corrected chi connectivity index (χ0v) is 42.0. The van der Waals surface area contributed by atoms with Crippen LogP contribution < -0.4 is 29.9 Å². The average molecular weight is 1080 g/mol. The molecule has 2 fully saturated rings. The lowest BCUT2D eigenvalue weighted by atomic mass is 10.1. The number of nitrogens with one attached hydrogen (secondary N) is 6. The van der Waals surface area contributed by atoms with Crippen LogP contribution in [0.3, 0.4) is 0 Å². The number of H-pyrrole nitrogens is 2. The molecule has 6 heterocycles. The highest BCUT2D eigenvalue weighted by Crippen LogP contribution is 2.49. The van der Waals surface area contributed by atoms with Gasteiger partial charge in [0.05, 0.1) is 64.9 Å². The number of sulfonamides is 2. The first-order chi connectivity index (χ1) is 35.3. The van der Waals surface area contributed by atoms with Gasteiger partial charge in [-0.3, -0.25) is 27.6 Å². The summed E-state index contributed by atoms with van der Waals surface area (Å²) in [5.41, 5.74) is 3.85. The van der Waals surface area contributed by atoms with Crippen LogP contribution in [0.25, 0.3) is 44.6 Å². The largest absolute Gasteiger partial charge is 0.352 e. The van der Waals surface area contributed by atoms with Gasteiger partial charge in [0.15, 0.2) is 17.1 Å². The fourth-order valence-electron chi connectivity index (χ4n) is 8.54. The minimum Gasteiger partial charge on any atom is -0.352 e. The van der Waals surface area contributed by atoms with Crippen LogP contribution in [0.4, 0.5) is 67.7 Å². The van der Waals surface area contributed by atoms with Gasteiger partial charge in [0.25, 0.3) is 12.3 Å². The molecule has 8 aromatic rings. The van der Waals surface area contributed by atoms with Gasteiger partial charge in [-0.25, -0.2) is 58.7 Å². The third kappa shape index (κ3) is 10.1. The topological polar surface area (TPSA) is 276 Å². The number of carbonyl (C=O) groups is 2. The molecule has 6 aromatic heterocycles. The second-order valence-corrected chi connectivity index (χ2v) is 22.4. The number of imidazole rings is 2. The second-order valence-electron chi connectivity index (χ2n) is 18.4. The molecular weight excluding hydrogens is 1030 g/mol. The number of aromatic amines is 2. The average Bonchev–Trinajstić information content (AvgIpc) is 3.74. The van der Waals surface area contributed by atoms with Gasteiger partial charge >= 0.3 is 0 Å². The van der Waals surface area contributed by atoms with Crippen molar-refractivity contribution in [3.8, 4) is 22.3 Å². The number of rotatable bonds is 17. The van der Waals surface area contributed by atoms with Crippen molar-refractivity contribution in [2.75, 3.05) is 56.5 Å². The van der Waals surface area contributed by atoms with E-state index in [1.54, 1.807) is 73.6 Å². The minimum atomic E-state index is -3.88. The summed E-state index contributed by atoms with van der Waals surface area (Å²) >= 11 is 0. The Morgan fingerprint density at radius 1 is 0.747 bits per heavy atom. The Bertz CT molecular complexity index is 3840. The van der Waals surface area contributed by atoms with Crippen molar-refractivity contribution in [1.29, 1.82) is 0 Å². The molecule has 0 radical (unpaired) electrons. The van der Waals surface area contributed by atoms with Gasteiger partial charge in [0.1, 0.15) is 40.6 Å². The molecule has 0 aliphatic heterocycles. The van der Waals surface area contributed by atoms with Crippen molar-refractivity contribution in [3.05, 3.63) is 85.0 Å². The lowest BCUT2D eigenvalue weighted by Gasteiger charge is -2.22. The fraction of sp³-hybridized carbons (Fsp3) is 0.304. The highest BCUT2D eigenvalue weighted by atomic mass is 32.2. The number of amides is 2. The Kier molecular flexibility index (Phi) is 12.3. The highest BCUT2D eigenvalue weighted by Gasteiger charge is 2.61. The van der Waals surface area contributed by atoms with Gasteiger partial charge in [-0.05, 0) is 42.3 Å². The molecular formula is C46H45F5N16O6S2. The molecule has 6 N–H and O–H groups in total. The first-order valence-corrected chi connectivity index (χ1v) is 26.4. The third-order valence-electron chi connectivity index (χ3n) is 12.9. The van der Waals surface area contributed by atoms with Crippen LogP contribution in [0.1, 0.15) is 24.5 Å². The van der Waals surface area contributed by atoms with Crippen molar-refractivity contribution < 1.29 is 48.4 Å². The number of nitrogens with zero attached hydrogens (tertiary/aromatic N) is 10. The van der Waals surface area contributed by atoms with Gasteiger partial charge in [-0.1, -0.05) is 12.1 Å². The van der Waals surface area contributed by atoms with E-state index < -0.39 is 80.4 Å². The Morgan fingerprint density at radius 2 is 1.27 bits per heavy atom. The predicted octanol–water partition coefficient (Wildman–Crippen LogP) is 6.83. The molecule has 2 aliphatic rings. The summed E-state index contributed by atoms with van der Waals surface area (Å²) in [4.78, 5) is 48.7. The normalized spacial score (nSPS) is 18.1. The summed E-state index contributed by atoms with van der Waals surface area (Å²) in [6, 6.07) is 12.5. The van der Waals surface area contributed by atoms with Crippen molar-refractivity contribution in [3.63, 3.8) is 0 Å². The SMILES string of the molecule is Cc1nc2nc(NC(=O)[C@H]3CC3(F)F)cc(Nc3ccc(-c4cnn(CC5[C@@H](F)[C@H]5C(=O)Nc5cc(Nc6ccc(-c7cnn(C)c7)cc6N(C)S(C)(=O)=O)c6[nH]c(C(F)F)nc6n5)c4)cc3N(C)S(C)(=O)=O)c2[nH]1. The fourth-order valence-corrected chi connectivity index (χ4v) is 9.56. The van der Waals surface area contributed by atoms with E-state index in [0.29, 0.717) is 39.3 Å². The number of aryl methyl sites for hydroxylation is 2. The first-order valence-electron chi connectivity index (χ1n) is 22.7. The molecule has 0 saturated heterocycles. The molecule has 0 bridgehead atoms. The molecule has 4 atom stereocenters. The van der Waals surface area contributed by atoms with E-state index in [2.05, 4.69) is 61.4 Å². The summed E-state index contributed by atoms with van der Waals surface area (Å²) in [7, 11) is -3.29. The number of benzene rings is 2. The maximum atomic E-state index is 15.6. The number of pyridine rings is 2. The van der Waals surface area contributed by atoms with Crippen LogP contribution in [0.15, 0.2) is 73.3 Å². The van der Waals surface area contributed by atoms with Gasteiger partial charge in [-0.2, -0.15) is 10.2 Å². The standard InChI is InChI=1S/C46H45F5N16O6S2/c1-21-54-38-30(13-34(58-41(38)55-21)60-44(68)27-15-46(27,50)51)56-28-10-8-23(12-33(28)66(4)75(6,72)73)25-17-53-67(19-25)20-26-36(37(26)47)45(69)61-35-14-31(39-42(59-35)63-43(62-39)40(48)49)57-29-9-7-22(24-16-52-64(2)18-24)11-32(29)65(3)74(5,70)71/h7-14,16-19,26-27,36-37,40H,15,20H2,1-6H3,(H3,54,55,56,58,60,68)(H3,57,59,61,62,63,69)/t26?,27-,36+,37-/m1/s1. The van der Waals surface area contributed by atoms with Crippen LogP contribution in [0.5, 0.6) is 0 Å². The van der Waals surface area contributed by atoms with Crippen LogP contribution in [0.2, 0.25) is 0 Å². The Labute approximate surface area is 423 Å². The van der Waals surface area contributed by atoms with E-state index in [9.17, 15) is 44.0 Å². The number of fused-ring (bicyclic) bond motifs is 2. The molecule has 10 rings (SSSR count). The summed E-state index contributed by atoms with van der Waals surface area (Å²) in [6.45, 7) is 1.60.